The van der Waals surface area contributed by atoms with Crippen molar-refractivity contribution in [2.75, 3.05) is 26.7 Å². The molecule has 0 aromatic heterocycles. The Morgan fingerprint density at radius 1 is 1.24 bits per heavy atom. The van der Waals surface area contributed by atoms with Crippen LogP contribution in [0.2, 0.25) is 0 Å². The molecule has 0 heterocycles. The highest BCUT2D eigenvalue weighted by Gasteiger charge is 2.00. The minimum atomic E-state index is -0.0776. The van der Waals surface area contributed by atoms with E-state index >= 15 is 0 Å². The van der Waals surface area contributed by atoms with E-state index in [1.54, 1.807) is 0 Å². The normalized spacial score (nSPS) is 9.47. The first-order valence-corrected chi connectivity index (χ1v) is 5.36. The third kappa shape index (κ3) is 7.74. The summed E-state index contributed by atoms with van der Waals surface area (Å²) in [7, 11) is 1.85. The van der Waals surface area contributed by atoms with E-state index in [0.717, 1.165) is 12.1 Å². The molecule has 1 rings (SSSR count). The Balaban J connectivity index is 0.00000256. The summed E-state index contributed by atoms with van der Waals surface area (Å²) in [6.45, 7) is 1.98. The Morgan fingerprint density at radius 2 is 1.94 bits per heavy atom. The highest BCUT2D eigenvalue weighted by Crippen LogP contribution is 1.99. The SMILES string of the molecule is CNCCNC(=O)COCc1ccccc1.Cl. The molecule has 96 valence electrons. The van der Waals surface area contributed by atoms with Gasteiger partial charge in [-0.1, -0.05) is 30.3 Å². The van der Waals surface area contributed by atoms with Crippen molar-refractivity contribution >= 4 is 18.3 Å². The second kappa shape index (κ2) is 10.1. The molecule has 0 saturated carbocycles. The average Bonchev–Trinajstić information content (AvgIpc) is 2.31. The zero-order valence-electron chi connectivity index (χ0n) is 9.94. The molecule has 0 aliphatic rings. The third-order valence-electron chi connectivity index (χ3n) is 2.04. The van der Waals surface area contributed by atoms with Gasteiger partial charge in [-0.3, -0.25) is 4.79 Å². The van der Waals surface area contributed by atoms with Crippen LogP contribution in [-0.4, -0.2) is 32.7 Å². The maximum atomic E-state index is 11.2. The topological polar surface area (TPSA) is 50.4 Å². The second-order valence-corrected chi connectivity index (χ2v) is 3.43. The van der Waals surface area contributed by atoms with Crippen molar-refractivity contribution in [2.24, 2.45) is 0 Å². The number of rotatable bonds is 7. The van der Waals surface area contributed by atoms with Crippen LogP contribution >= 0.6 is 12.4 Å². The van der Waals surface area contributed by atoms with Gasteiger partial charge in [0.15, 0.2) is 0 Å². The summed E-state index contributed by atoms with van der Waals surface area (Å²) in [6, 6.07) is 9.79. The van der Waals surface area contributed by atoms with Gasteiger partial charge in [0.2, 0.25) is 5.91 Å². The highest BCUT2D eigenvalue weighted by atomic mass is 35.5. The third-order valence-corrected chi connectivity index (χ3v) is 2.04. The van der Waals surface area contributed by atoms with Gasteiger partial charge in [-0.15, -0.1) is 12.4 Å². The van der Waals surface area contributed by atoms with Crippen LogP contribution in [0.3, 0.4) is 0 Å². The number of amides is 1. The molecule has 1 amide bonds. The Hall–Kier alpha value is -1.10. The molecule has 0 spiro atoms. The summed E-state index contributed by atoms with van der Waals surface area (Å²) < 4.78 is 5.28. The zero-order chi connectivity index (χ0) is 11.6. The van der Waals surface area contributed by atoms with Crippen molar-refractivity contribution < 1.29 is 9.53 Å². The summed E-state index contributed by atoms with van der Waals surface area (Å²) in [6.07, 6.45) is 0. The van der Waals surface area contributed by atoms with Gasteiger partial charge in [-0.05, 0) is 12.6 Å². The van der Waals surface area contributed by atoms with Gasteiger partial charge in [0.25, 0.3) is 0 Å². The Morgan fingerprint density at radius 3 is 2.59 bits per heavy atom. The maximum Gasteiger partial charge on any atom is 0.246 e. The fraction of sp³-hybridized carbons (Fsp3) is 0.417. The lowest BCUT2D eigenvalue weighted by Gasteiger charge is -2.05. The van der Waals surface area contributed by atoms with Crippen molar-refractivity contribution in [2.45, 2.75) is 6.61 Å². The molecule has 0 atom stereocenters. The van der Waals surface area contributed by atoms with Crippen molar-refractivity contribution in [1.29, 1.82) is 0 Å². The van der Waals surface area contributed by atoms with E-state index in [1.165, 1.54) is 0 Å². The highest BCUT2D eigenvalue weighted by molar-refractivity contribution is 5.85. The van der Waals surface area contributed by atoms with Crippen LogP contribution in [0.1, 0.15) is 5.56 Å². The molecule has 0 radical (unpaired) electrons. The minimum absolute atomic E-state index is 0. The van der Waals surface area contributed by atoms with Crippen molar-refractivity contribution in [1.82, 2.24) is 10.6 Å². The summed E-state index contributed by atoms with van der Waals surface area (Å²) in [5, 5.41) is 5.69. The largest absolute Gasteiger partial charge is 0.367 e. The van der Waals surface area contributed by atoms with Gasteiger partial charge >= 0.3 is 0 Å². The molecule has 0 saturated heterocycles. The number of carbonyl (C=O) groups excluding carboxylic acids is 1. The van der Waals surface area contributed by atoms with E-state index < -0.39 is 0 Å². The molecule has 0 unspecified atom stereocenters. The number of hydrogen-bond acceptors (Lipinski definition) is 3. The number of carbonyl (C=O) groups is 1. The smallest absolute Gasteiger partial charge is 0.246 e. The lowest BCUT2D eigenvalue weighted by atomic mass is 10.2. The van der Waals surface area contributed by atoms with Gasteiger partial charge in [0.1, 0.15) is 6.61 Å². The van der Waals surface area contributed by atoms with Gasteiger partial charge in [-0.25, -0.2) is 0 Å². The van der Waals surface area contributed by atoms with Crippen molar-refractivity contribution in [3.63, 3.8) is 0 Å². The first kappa shape index (κ1) is 15.9. The summed E-state index contributed by atoms with van der Waals surface area (Å²) in [4.78, 5) is 11.2. The average molecular weight is 259 g/mol. The quantitative estimate of drug-likeness (QED) is 0.717. The molecular formula is C12H19ClN2O2. The molecule has 4 nitrogen and oxygen atoms in total. The lowest BCUT2D eigenvalue weighted by Crippen LogP contribution is -2.32. The number of benzene rings is 1. The summed E-state index contributed by atoms with van der Waals surface area (Å²) in [5.74, 6) is -0.0776. The standard InChI is InChI=1S/C12H18N2O2.ClH/c1-13-7-8-14-12(15)10-16-9-11-5-3-2-4-6-11;/h2-6,13H,7-10H2,1H3,(H,14,15);1H. The van der Waals surface area contributed by atoms with Gasteiger partial charge in [0.05, 0.1) is 6.61 Å². The Labute approximate surface area is 108 Å². The predicted molar refractivity (Wildman–Crippen MR) is 70.3 cm³/mol. The molecule has 2 N–H and O–H groups in total. The molecule has 17 heavy (non-hydrogen) atoms. The number of ether oxygens (including phenoxy) is 1. The Bertz CT molecular complexity index is 307. The fourth-order valence-electron chi connectivity index (χ4n) is 1.21. The lowest BCUT2D eigenvalue weighted by molar-refractivity contribution is -0.126. The monoisotopic (exact) mass is 258 g/mol. The molecule has 5 heteroatoms. The van der Waals surface area contributed by atoms with E-state index in [-0.39, 0.29) is 24.9 Å². The number of likely N-dealkylation sites (N-methyl/N-ethyl adjacent to an activating group) is 1. The minimum Gasteiger partial charge on any atom is -0.367 e. The van der Waals surface area contributed by atoms with E-state index in [9.17, 15) is 4.79 Å². The van der Waals surface area contributed by atoms with Gasteiger partial charge < -0.3 is 15.4 Å². The van der Waals surface area contributed by atoms with Crippen molar-refractivity contribution in [3.05, 3.63) is 35.9 Å². The zero-order valence-corrected chi connectivity index (χ0v) is 10.8. The van der Waals surface area contributed by atoms with Crippen LogP contribution in [0.5, 0.6) is 0 Å². The fourth-order valence-corrected chi connectivity index (χ4v) is 1.21. The predicted octanol–water partition coefficient (Wildman–Crippen LogP) is 0.961. The second-order valence-electron chi connectivity index (χ2n) is 3.43. The number of halogens is 1. The van der Waals surface area contributed by atoms with Crippen LogP contribution in [0.25, 0.3) is 0 Å². The molecule has 0 bridgehead atoms. The first-order valence-electron chi connectivity index (χ1n) is 5.36. The summed E-state index contributed by atoms with van der Waals surface area (Å²) in [5.41, 5.74) is 1.07. The van der Waals surface area contributed by atoms with Crippen LogP contribution < -0.4 is 10.6 Å². The van der Waals surface area contributed by atoms with Gasteiger partial charge in [-0.2, -0.15) is 0 Å². The molecule has 0 fully saturated rings. The van der Waals surface area contributed by atoms with E-state index in [0.29, 0.717) is 13.2 Å². The number of nitrogens with one attached hydrogen (secondary N) is 2. The van der Waals surface area contributed by atoms with Crippen LogP contribution in [0.15, 0.2) is 30.3 Å². The van der Waals surface area contributed by atoms with Crippen LogP contribution in [0.4, 0.5) is 0 Å². The first-order chi connectivity index (χ1) is 7.83. The molecular weight excluding hydrogens is 240 g/mol. The molecule has 1 aromatic carbocycles. The molecule has 0 aliphatic heterocycles. The van der Waals surface area contributed by atoms with Crippen molar-refractivity contribution in [3.8, 4) is 0 Å². The molecule has 1 aromatic rings. The van der Waals surface area contributed by atoms with E-state index in [1.807, 2.05) is 37.4 Å². The summed E-state index contributed by atoms with van der Waals surface area (Å²) >= 11 is 0. The molecule has 0 aliphatic carbocycles. The Kier molecular flexibility index (Phi) is 9.43. The van der Waals surface area contributed by atoms with E-state index in [2.05, 4.69) is 10.6 Å². The van der Waals surface area contributed by atoms with Crippen LogP contribution in [0, 0.1) is 0 Å². The van der Waals surface area contributed by atoms with E-state index in [4.69, 9.17) is 4.74 Å². The van der Waals surface area contributed by atoms with Crippen LogP contribution in [-0.2, 0) is 16.1 Å². The van der Waals surface area contributed by atoms with Gasteiger partial charge in [0, 0.05) is 13.1 Å². The maximum absolute atomic E-state index is 11.2. The number of hydrogen-bond donors (Lipinski definition) is 2.